The van der Waals surface area contributed by atoms with E-state index < -0.39 is 12.0 Å². The lowest BCUT2D eigenvalue weighted by atomic mass is 10.1. The minimum absolute atomic E-state index is 0. The van der Waals surface area contributed by atoms with Crippen molar-refractivity contribution in [3.05, 3.63) is 10.4 Å². The van der Waals surface area contributed by atoms with Crippen molar-refractivity contribution in [1.82, 2.24) is 5.32 Å². The van der Waals surface area contributed by atoms with Crippen molar-refractivity contribution in [1.29, 1.82) is 0 Å². The molecule has 0 saturated carbocycles. The Hall–Kier alpha value is -1.50. The molecule has 17 heavy (non-hydrogen) atoms. The van der Waals surface area contributed by atoms with Crippen LogP contribution in [-0.4, -0.2) is 36.1 Å². The minimum Gasteiger partial charge on any atom is -0.480 e. The monoisotopic (exact) mass is 265 g/mol. The average molecular weight is 266 g/mol. The SMILES string of the molecule is Cl.[N-]=[N+]=NCC(=O)NCCCC[C@H](N)C(=O)O. The van der Waals surface area contributed by atoms with Crippen LogP contribution in [0.5, 0.6) is 0 Å². The molecule has 0 fully saturated rings. The fourth-order valence-corrected chi connectivity index (χ4v) is 0.992. The second-order valence-corrected chi connectivity index (χ2v) is 3.18. The molecule has 0 spiro atoms. The first-order valence-corrected chi connectivity index (χ1v) is 4.84. The molecule has 0 aromatic heterocycles. The normalized spacial score (nSPS) is 10.6. The average Bonchev–Trinajstić information content (AvgIpc) is 2.25. The van der Waals surface area contributed by atoms with Crippen molar-refractivity contribution in [2.24, 2.45) is 10.8 Å². The highest BCUT2D eigenvalue weighted by molar-refractivity contribution is 5.85. The lowest BCUT2D eigenvalue weighted by Gasteiger charge is -2.06. The molecule has 0 heterocycles. The molecule has 0 saturated heterocycles. The van der Waals surface area contributed by atoms with Crippen molar-refractivity contribution in [2.45, 2.75) is 25.3 Å². The van der Waals surface area contributed by atoms with Crippen molar-refractivity contribution in [3.8, 4) is 0 Å². The van der Waals surface area contributed by atoms with Gasteiger partial charge in [0.1, 0.15) is 12.6 Å². The molecule has 1 atom stereocenters. The maximum Gasteiger partial charge on any atom is 0.320 e. The fourth-order valence-electron chi connectivity index (χ4n) is 0.992. The van der Waals surface area contributed by atoms with E-state index in [1.807, 2.05) is 0 Å². The maximum absolute atomic E-state index is 10.9. The molecule has 0 aromatic carbocycles. The number of unbranched alkanes of at least 4 members (excludes halogenated alkanes) is 1. The Morgan fingerprint density at radius 1 is 1.47 bits per heavy atom. The number of halogens is 1. The maximum atomic E-state index is 10.9. The summed E-state index contributed by atoms with van der Waals surface area (Å²) in [6, 6.07) is -0.848. The molecule has 0 radical (unpaired) electrons. The zero-order valence-corrected chi connectivity index (χ0v) is 10.0. The Balaban J connectivity index is 0. The quantitative estimate of drug-likeness (QED) is 0.253. The van der Waals surface area contributed by atoms with E-state index in [1.54, 1.807) is 0 Å². The zero-order chi connectivity index (χ0) is 12.4. The number of aliphatic carboxylic acids is 1. The van der Waals surface area contributed by atoms with Crippen molar-refractivity contribution >= 4 is 24.3 Å². The van der Waals surface area contributed by atoms with Gasteiger partial charge in [0.25, 0.3) is 0 Å². The lowest BCUT2D eigenvalue weighted by molar-refractivity contribution is -0.138. The Labute approximate surface area is 105 Å². The predicted octanol–water partition coefficient (Wildman–Crippen LogP) is 0.417. The van der Waals surface area contributed by atoms with E-state index in [0.717, 1.165) is 0 Å². The summed E-state index contributed by atoms with van der Waals surface area (Å²) in [5.41, 5.74) is 13.2. The molecule has 0 bridgehead atoms. The molecular weight excluding hydrogens is 250 g/mol. The number of hydrogen-bond acceptors (Lipinski definition) is 4. The van der Waals surface area contributed by atoms with Gasteiger partial charge in [-0.3, -0.25) is 9.59 Å². The topological polar surface area (TPSA) is 141 Å². The van der Waals surface area contributed by atoms with Gasteiger partial charge in [0.05, 0.1) is 0 Å². The molecular formula is C8H16ClN5O3. The van der Waals surface area contributed by atoms with Gasteiger partial charge in [-0.25, -0.2) is 0 Å². The van der Waals surface area contributed by atoms with Crippen LogP contribution >= 0.6 is 12.4 Å². The highest BCUT2D eigenvalue weighted by atomic mass is 35.5. The Kier molecular flexibility index (Phi) is 11.6. The number of rotatable bonds is 8. The molecule has 1 amide bonds. The fraction of sp³-hybridized carbons (Fsp3) is 0.750. The first kappa shape index (κ1) is 17.9. The van der Waals surface area contributed by atoms with E-state index in [2.05, 4.69) is 15.3 Å². The molecule has 4 N–H and O–H groups in total. The van der Waals surface area contributed by atoms with Gasteiger partial charge in [-0.05, 0) is 24.8 Å². The van der Waals surface area contributed by atoms with Crippen LogP contribution in [-0.2, 0) is 9.59 Å². The largest absolute Gasteiger partial charge is 0.480 e. The van der Waals surface area contributed by atoms with Gasteiger partial charge in [-0.2, -0.15) is 0 Å². The molecule has 0 aliphatic carbocycles. The number of amides is 1. The highest BCUT2D eigenvalue weighted by Crippen LogP contribution is 1.98. The van der Waals surface area contributed by atoms with E-state index >= 15 is 0 Å². The summed E-state index contributed by atoms with van der Waals surface area (Å²) in [5.74, 6) is -1.37. The van der Waals surface area contributed by atoms with Crippen LogP contribution in [0.15, 0.2) is 5.11 Å². The van der Waals surface area contributed by atoms with Crippen LogP contribution in [0.2, 0.25) is 0 Å². The molecule has 0 aliphatic heterocycles. The Morgan fingerprint density at radius 2 is 2.12 bits per heavy atom. The third-order valence-electron chi connectivity index (χ3n) is 1.86. The molecule has 0 aliphatic rings. The molecule has 8 nitrogen and oxygen atoms in total. The van der Waals surface area contributed by atoms with E-state index in [-0.39, 0.29) is 24.9 Å². The zero-order valence-electron chi connectivity index (χ0n) is 9.20. The molecule has 98 valence electrons. The highest BCUT2D eigenvalue weighted by Gasteiger charge is 2.09. The van der Waals surface area contributed by atoms with Crippen LogP contribution in [0.4, 0.5) is 0 Å². The predicted molar refractivity (Wildman–Crippen MR) is 63.7 cm³/mol. The number of azide groups is 1. The van der Waals surface area contributed by atoms with Gasteiger partial charge in [0.15, 0.2) is 0 Å². The Bertz CT molecular complexity index is 293. The van der Waals surface area contributed by atoms with Crippen molar-refractivity contribution in [3.63, 3.8) is 0 Å². The number of carbonyl (C=O) groups excluding carboxylic acids is 1. The smallest absolute Gasteiger partial charge is 0.320 e. The number of hydrogen-bond donors (Lipinski definition) is 3. The first-order valence-electron chi connectivity index (χ1n) is 4.84. The lowest BCUT2D eigenvalue weighted by Crippen LogP contribution is -2.30. The van der Waals surface area contributed by atoms with Gasteiger partial charge >= 0.3 is 5.97 Å². The summed E-state index contributed by atoms with van der Waals surface area (Å²) in [5, 5.41) is 14.1. The summed E-state index contributed by atoms with van der Waals surface area (Å²) in [7, 11) is 0. The van der Waals surface area contributed by atoms with Gasteiger partial charge in [0.2, 0.25) is 5.91 Å². The van der Waals surface area contributed by atoms with E-state index in [1.165, 1.54) is 0 Å². The number of nitrogens with one attached hydrogen (secondary N) is 1. The van der Waals surface area contributed by atoms with Gasteiger partial charge < -0.3 is 16.2 Å². The number of carbonyl (C=O) groups is 2. The molecule has 0 rings (SSSR count). The van der Waals surface area contributed by atoms with E-state index in [4.69, 9.17) is 16.4 Å². The third-order valence-corrected chi connectivity index (χ3v) is 1.86. The molecule has 9 heteroatoms. The van der Waals surface area contributed by atoms with Gasteiger partial charge in [0, 0.05) is 11.5 Å². The van der Waals surface area contributed by atoms with E-state index in [9.17, 15) is 9.59 Å². The van der Waals surface area contributed by atoms with Crippen molar-refractivity contribution < 1.29 is 14.7 Å². The van der Waals surface area contributed by atoms with Crippen LogP contribution in [0.25, 0.3) is 10.4 Å². The van der Waals surface area contributed by atoms with Gasteiger partial charge in [-0.1, -0.05) is 5.11 Å². The second kappa shape index (κ2) is 11.0. The number of carboxylic acid groups (broad SMARTS) is 1. The van der Waals surface area contributed by atoms with Crippen molar-refractivity contribution in [2.75, 3.05) is 13.1 Å². The first-order chi connectivity index (χ1) is 7.57. The summed E-state index contributed by atoms with van der Waals surface area (Å²) in [4.78, 5) is 23.7. The number of nitrogens with two attached hydrogens (primary N) is 1. The second-order valence-electron chi connectivity index (χ2n) is 3.18. The summed E-state index contributed by atoms with van der Waals surface area (Å²) in [6.45, 7) is 0.206. The van der Waals surface area contributed by atoms with Gasteiger partial charge in [-0.15, -0.1) is 12.4 Å². The number of carboxylic acids is 1. The number of nitrogens with zero attached hydrogens (tertiary/aromatic N) is 3. The summed E-state index contributed by atoms with van der Waals surface area (Å²) in [6.07, 6.45) is 1.64. The molecule has 0 unspecified atom stereocenters. The standard InChI is InChI=1S/C8H15N5O3.ClH/c9-6(8(15)16)3-1-2-4-11-7(14)5-12-13-10;/h6H,1-5,9H2,(H,11,14)(H,15,16);1H/t6-;/m0./s1. The van der Waals surface area contributed by atoms with Crippen LogP contribution in [0.1, 0.15) is 19.3 Å². The van der Waals surface area contributed by atoms with E-state index in [0.29, 0.717) is 25.8 Å². The minimum atomic E-state index is -1.02. The third kappa shape index (κ3) is 10.8. The van der Waals surface area contributed by atoms with Crippen LogP contribution < -0.4 is 11.1 Å². The summed E-state index contributed by atoms with van der Waals surface area (Å²) < 4.78 is 0. The molecule has 0 aromatic rings. The Morgan fingerprint density at radius 3 is 2.65 bits per heavy atom. The van der Waals surface area contributed by atoms with Crippen LogP contribution in [0, 0.1) is 0 Å². The van der Waals surface area contributed by atoms with Crippen LogP contribution in [0.3, 0.4) is 0 Å². The summed E-state index contributed by atoms with van der Waals surface area (Å²) >= 11 is 0.